The molecular weight excluding hydrogens is 220 g/mol. The van der Waals surface area contributed by atoms with Gasteiger partial charge in [-0.25, -0.2) is 0 Å². The predicted octanol–water partition coefficient (Wildman–Crippen LogP) is 4.28. The van der Waals surface area contributed by atoms with Crippen LogP contribution in [0.1, 0.15) is 42.9 Å². The van der Waals surface area contributed by atoms with Crippen LogP contribution in [0.5, 0.6) is 0 Å². The van der Waals surface area contributed by atoms with Crippen molar-refractivity contribution in [2.45, 2.75) is 31.8 Å². The summed E-state index contributed by atoms with van der Waals surface area (Å²) in [7, 11) is 0. The molecule has 1 fully saturated rings. The maximum absolute atomic E-state index is 9.65. The normalized spacial score (nSPS) is 16.6. The molecule has 0 heterocycles. The Kier molecular flexibility index (Phi) is 2.92. The van der Waals surface area contributed by atoms with E-state index in [0.717, 1.165) is 11.5 Å². The third kappa shape index (κ3) is 2.32. The van der Waals surface area contributed by atoms with Crippen LogP contribution in [0.4, 0.5) is 0 Å². The van der Waals surface area contributed by atoms with Crippen LogP contribution in [-0.2, 0) is 0 Å². The molecule has 0 amide bonds. The van der Waals surface area contributed by atoms with Crippen LogP contribution in [0.3, 0.4) is 0 Å². The van der Waals surface area contributed by atoms with Gasteiger partial charge in [0, 0.05) is 0 Å². The first-order chi connectivity index (χ1) is 8.74. The van der Waals surface area contributed by atoms with Gasteiger partial charge < -0.3 is 5.11 Å². The molecule has 1 unspecified atom stereocenters. The minimum absolute atomic E-state index is 0.406. The van der Waals surface area contributed by atoms with Crippen LogP contribution in [0.2, 0.25) is 0 Å². The first kappa shape index (κ1) is 11.5. The minimum Gasteiger partial charge on any atom is -0.389 e. The van der Waals surface area contributed by atoms with Crippen LogP contribution in [0.15, 0.2) is 48.5 Å². The number of hydrogen-bond donors (Lipinski definition) is 1. The predicted molar refractivity (Wildman–Crippen MR) is 74.5 cm³/mol. The van der Waals surface area contributed by atoms with Crippen molar-refractivity contribution >= 4 is 0 Å². The second kappa shape index (κ2) is 4.58. The quantitative estimate of drug-likeness (QED) is 0.846. The lowest BCUT2D eigenvalue weighted by atomic mass is 9.98. The maximum atomic E-state index is 9.65. The zero-order chi connectivity index (χ0) is 12.5. The average Bonchev–Trinajstić information content (AvgIpc) is 3.23. The zero-order valence-electron chi connectivity index (χ0n) is 10.6. The van der Waals surface area contributed by atoms with E-state index in [9.17, 15) is 5.11 Å². The Morgan fingerprint density at radius 2 is 1.67 bits per heavy atom. The molecule has 92 valence electrons. The summed E-state index contributed by atoms with van der Waals surface area (Å²) in [6, 6.07) is 17.0. The van der Waals surface area contributed by atoms with Crippen molar-refractivity contribution in [3.8, 4) is 11.1 Å². The summed E-state index contributed by atoms with van der Waals surface area (Å²) in [4.78, 5) is 0. The lowest BCUT2D eigenvalue weighted by Gasteiger charge is -2.09. The van der Waals surface area contributed by atoms with Gasteiger partial charge in [0.1, 0.15) is 0 Å². The second-order valence-electron chi connectivity index (χ2n) is 5.20. The van der Waals surface area contributed by atoms with Gasteiger partial charge in [-0.1, -0.05) is 42.5 Å². The molecule has 18 heavy (non-hydrogen) atoms. The third-order valence-electron chi connectivity index (χ3n) is 3.64. The number of rotatable bonds is 3. The molecule has 3 rings (SSSR count). The molecule has 1 N–H and O–H groups in total. The first-order valence-corrected chi connectivity index (χ1v) is 6.62. The summed E-state index contributed by atoms with van der Waals surface area (Å²) in [6.45, 7) is 1.81. The fourth-order valence-corrected chi connectivity index (χ4v) is 2.37. The molecule has 0 spiro atoms. The lowest BCUT2D eigenvalue weighted by Crippen LogP contribution is -1.91. The van der Waals surface area contributed by atoms with Gasteiger partial charge >= 0.3 is 0 Å². The zero-order valence-corrected chi connectivity index (χ0v) is 10.6. The Bertz CT molecular complexity index is 510. The van der Waals surface area contributed by atoms with Gasteiger partial charge in [0.05, 0.1) is 6.10 Å². The Morgan fingerprint density at radius 3 is 2.33 bits per heavy atom. The van der Waals surface area contributed by atoms with E-state index in [0.29, 0.717) is 0 Å². The summed E-state index contributed by atoms with van der Waals surface area (Å²) in [5.74, 6) is 0.782. The summed E-state index contributed by atoms with van der Waals surface area (Å²) < 4.78 is 0. The highest BCUT2D eigenvalue weighted by atomic mass is 16.3. The van der Waals surface area contributed by atoms with Gasteiger partial charge in [0.2, 0.25) is 0 Å². The van der Waals surface area contributed by atoms with E-state index in [1.54, 1.807) is 6.92 Å². The van der Waals surface area contributed by atoms with Crippen molar-refractivity contribution in [2.24, 2.45) is 0 Å². The Balaban J connectivity index is 1.98. The topological polar surface area (TPSA) is 20.2 Å². The van der Waals surface area contributed by atoms with E-state index in [2.05, 4.69) is 36.4 Å². The number of aliphatic hydroxyl groups excluding tert-OH is 1. The number of aliphatic hydroxyl groups is 1. The van der Waals surface area contributed by atoms with E-state index < -0.39 is 6.10 Å². The molecule has 1 nitrogen and oxygen atoms in total. The molecule has 2 aromatic rings. The lowest BCUT2D eigenvalue weighted by molar-refractivity contribution is 0.199. The highest BCUT2D eigenvalue weighted by Crippen LogP contribution is 2.41. The summed E-state index contributed by atoms with van der Waals surface area (Å²) >= 11 is 0. The van der Waals surface area contributed by atoms with Gasteiger partial charge in [0.15, 0.2) is 0 Å². The minimum atomic E-state index is -0.406. The average molecular weight is 238 g/mol. The molecule has 0 aliphatic heterocycles. The Morgan fingerprint density at radius 1 is 1.00 bits per heavy atom. The molecule has 1 saturated carbocycles. The second-order valence-corrected chi connectivity index (χ2v) is 5.20. The van der Waals surface area contributed by atoms with Crippen LogP contribution in [0.25, 0.3) is 11.1 Å². The summed E-state index contributed by atoms with van der Waals surface area (Å²) in [6.07, 6.45) is 2.26. The maximum Gasteiger partial charge on any atom is 0.0762 e. The fraction of sp³-hybridized carbons (Fsp3) is 0.294. The standard InChI is InChI=1S/C17H18O/c1-12(18)14-4-2-6-16(10-14)17-7-3-5-15(11-17)13-8-9-13/h2-7,10-13,18H,8-9H2,1H3. The molecule has 1 aliphatic carbocycles. The van der Waals surface area contributed by atoms with Crippen molar-refractivity contribution in [1.82, 2.24) is 0 Å². The largest absolute Gasteiger partial charge is 0.389 e. The smallest absolute Gasteiger partial charge is 0.0762 e. The summed E-state index contributed by atoms with van der Waals surface area (Å²) in [5.41, 5.74) is 4.87. The van der Waals surface area contributed by atoms with Crippen molar-refractivity contribution in [3.63, 3.8) is 0 Å². The van der Waals surface area contributed by atoms with Gasteiger partial charge in [-0.15, -0.1) is 0 Å². The van der Waals surface area contributed by atoms with Crippen molar-refractivity contribution in [3.05, 3.63) is 59.7 Å². The molecule has 0 aromatic heterocycles. The molecule has 0 bridgehead atoms. The summed E-state index contributed by atoms with van der Waals surface area (Å²) in [5, 5.41) is 9.65. The van der Waals surface area contributed by atoms with Gasteiger partial charge in [0.25, 0.3) is 0 Å². The van der Waals surface area contributed by atoms with Crippen LogP contribution in [-0.4, -0.2) is 5.11 Å². The molecule has 1 heteroatoms. The molecule has 0 radical (unpaired) electrons. The SMILES string of the molecule is CC(O)c1cccc(-c2cccc(C3CC3)c2)c1. The highest BCUT2D eigenvalue weighted by Gasteiger charge is 2.23. The molecule has 1 atom stereocenters. The van der Waals surface area contributed by atoms with E-state index in [4.69, 9.17) is 0 Å². The molecule has 0 saturated heterocycles. The molecular formula is C17H18O. The molecule has 2 aromatic carbocycles. The van der Waals surface area contributed by atoms with Gasteiger partial charge in [-0.3, -0.25) is 0 Å². The van der Waals surface area contributed by atoms with Crippen LogP contribution in [0, 0.1) is 0 Å². The monoisotopic (exact) mass is 238 g/mol. The first-order valence-electron chi connectivity index (χ1n) is 6.62. The van der Waals surface area contributed by atoms with E-state index in [-0.39, 0.29) is 0 Å². The van der Waals surface area contributed by atoms with Crippen LogP contribution >= 0.6 is 0 Å². The molecule has 1 aliphatic rings. The van der Waals surface area contributed by atoms with Gasteiger partial charge in [-0.2, -0.15) is 0 Å². The fourth-order valence-electron chi connectivity index (χ4n) is 2.37. The Labute approximate surface area is 108 Å². The van der Waals surface area contributed by atoms with Crippen molar-refractivity contribution in [2.75, 3.05) is 0 Å². The van der Waals surface area contributed by atoms with E-state index in [1.807, 2.05) is 12.1 Å². The number of benzene rings is 2. The van der Waals surface area contributed by atoms with Crippen molar-refractivity contribution in [1.29, 1.82) is 0 Å². The number of hydrogen-bond acceptors (Lipinski definition) is 1. The van der Waals surface area contributed by atoms with E-state index >= 15 is 0 Å². The Hall–Kier alpha value is -1.60. The third-order valence-corrected chi connectivity index (χ3v) is 3.64. The highest BCUT2D eigenvalue weighted by molar-refractivity contribution is 5.65. The van der Waals surface area contributed by atoms with Gasteiger partial charge in [-0.05, 0) is 54.0 Å². The van der Waals surface area contributed by atoms with Crippen molar-refractivity contribution < 1.29 is 5.11 Å². The van der Waals surface area contributed by atoms with E-state index in [1.165, 1.54) is 29.5 Å². The van der Waals surface area contributed by atoms with Crippen LogP contribution < -0.4 is 0 Å².